The average molecular weight is 249 g/mol. The van der Waals surface area contributed by atoms with Crippen molar-refractivity contribution >= 4 is 22.5 Å². The Bertz CT molecular complexity index is 633. The maximum absolute atomic E-state index is 12.3. The molecular weight excluding hydrogens is 236 g/mol. The molecule has 3 nitrogen and oxygen atoms in total. The van der Waals surface area contributed by atoms with Crippen LogP contribution in [-0.4, -0.2) is 9.55 Å². The summed E-state index contributed by atoms with van der Waals surface area (Å²) in [6, 6.07) is 5.39. The van der Waals surface area contributed by atoms with Crippen molar-refractivity contribution in [3.63, 3.8) is 0 Å². The van der Waals surface area contributed by atoms with E-state index in [1.807, 2.05) is 4.57 Å². The van der Waals surface area contributed by atoms with E-state index >= 15 is 0 Å². The highest BCUT2D eigenvalue weighted by Gasteiger charge is 2.14. The van der Waals surface area contributed by atoms with E-state index in [1.165, 1.54) is 0 Å². The van der Waals surface area contributed by atoms with Crippen LogP contribution in [0.3, 0.4) is 0 Å². The van der Waals surface area contributed by atoms with Crippen molar-refractivity contribution in [3.05, 3.63) is 39.4 Å². The number of halogens is 1. The molecule has 1 aliphatic heterocycles. The average Bonchev–Trinajstić information content (AvgIpc) is 2.56. The lowest BCUT2D eigenvalue weighted by atomic mass is 10.2. The van der Waals surface area contributed by atoms with Crippen molar-refractivity contribution in [2.24, 2.45) is 0 Å². The Labute approximate surface area is 104 Å². The van der Waals surface area contributed by atoms with Crippen LogP contribution < -0.4 is 5.56 Å². The third-order valence-electron chi connectivity index (χ3n) is 3.30. The van der Waals surface area contributed by atoms with Gasteiger partial charge in [0, 0.05) is 13.0 Å². The summed E-state index contributed by atoms with van der Waals surface area (Å²) in [5, 5.41) is 1.19. The van der Waals surface area contributed by atoms with E-state index in [0.717, 1.165) is 38.1 Å². The molecule has 4 heteroatoms. The maximum Gasteiger partial charge on any atom is 0.261 e. The van der Waals surface area contributed by atoms with Crippen LogP contribution in [0.2, 0.25) is 5.02 Å². The van der Waals surface area contributed by atoms with Crippen molar-refractivity contribution in [2.45, 2.75) is 32.2 Å². The molecule has 0 fully saturated rings. The van der Waals surface area contributed by atoms with E-state index < -0.39 is 0 Å². The lowest BCUT2D eigenvalue weighted by Crippen LogP contribution is -2.24. The van der Waals surface area contributed by atoms with Crippen molar-refractivity contribution in [3.8, 4) is 0 Å². The molecule has 0 aliphatic carbocycles. The van der Waals surface area contributed by atoms with Gasteiger partial charge >= 0.3 is 0 Å². The highest BCUT2D eigenvalue weighted by Crippen LogP contribution is 2.21. The van der Waals surface area contributed by atoms with E-state index in [-0.39, 0.29) is 5.56 Å². The van der Waals surface area contributed by atoms with Gasteiger partial charge in [-0.2, -0.15) is 0 Å². The first-order valence-corrected chi connectivity index (χ1v) is 6.33. The molecule has 0 atom stereocenters. The molecule has 0 radical (unpaired) electrons. The van der Waals surface area contributed by atoms with Gasteiger partial charge in [-0.25, -0.2) is 4.98 Å². The van der Waals surface area contributed by atoms with Gasteiger partial charge in [0.25, 0.3) is 5.56 Å². The minimum atomic E-state index is 0.0504. The predicted molar refractivity (Wildman–Crippen MR) is 68.6 cm³/mol. The van der Waals surface area contributed by atoms with Crippen LogP contribution in [0.4, 0.5) is 0 Å². The van der Waals surface area contributed by atoms with Gasteiger partial charge in [0.2, 0.25) is 0 Å². The number of hydrogen-bond donors (Lipinski definition) is 0. The van der Waals surface area contributed by atoms with Crippen molar-refractivity contribution in [1.29, 1.82) is 0 Å². The molecule has 1 aromatic carbocycles. The molecule has 1 aliphatic rings. The quantitative estimate of drug-likeness (QED) is 0.719. The van der Waals surface area contributed by atoms with Gasteiger partial charge in [0.1, 0.15) is 5.82 Å². The zero-order valence-corrected chi connectivity index (χ0v) is 10.2. The van der Waals surface area contributed by atoms with Crippen LogP contribution in [0.1, 0.15) is 25.1 Å². The second-order valence-electron chi connectivity index (χ2n) is 4.43. The van der Waals surface area contributed by atoms with Crippen LogP contribution in [-0.2, 0) is 13.0 Å². The van der Waals surface area contributed by atoms with E-state index in [1.54, 1.807) is 18.2 Å². The third kappa shape index (κ3) is 1.75. The smallest absolute Gasteiger partial charge is 0.261 e. The Morgan fingerprint density at radius 2 is 2.12 bits per heavy atom. The van der Waals surface area contributed by atoms with Crippen LogP contribution in [0.5, 0.6) is 0 Å². The molecule has 0 bridgehead atoms. The van der Waals surface area contributed by atoms with Crippen LogP contribution in [0.15, 0.2) is 23.0 Å². The normalized spacial score (nSPS) is 15.6. The third-order valence-corrected chi connectivity index (χ3v) is 3.60. The lowest BCUT2D eigenvalue weighted by Gasteiger charge is -2.10. The molecule has 0 unspecified atom stereocenters. The highest BCUT2D eigenvalue weighted by atomic mass is 35.5. The van der Waals surface area contributed by atoms with Crippen LogP contribution in [0.25, 0.3) is 10.9 Å². The Morgan fingerprint density at radius 1 is 1.24 bits per heavy atom. The largest absolute Gasteiger partial charge is 0.296 e. The fourth-order valence-electron chi connectivity index (χ4n) is 2.40. The van der Waals surface area contributed by atoms with Crippen molar-refractivity contribution < 1.29 is 0 Å². The summed E-state index contributed by atoms with van der Waals surface area (Å²) in [5.41, 5.74) is 0.696. The van der Waals surface area contributed by atoms with Crippen molar-refractivity contribution in [1.82, 2.24) is 9.55 Å². The topological polar surface area (TPSA) is 34.9 Å². The maximum atomic E-state index is 12.3. The van der Waals surface area contributed by atoms with Crippen LogP contribution in [0, 0.1) is 0 Å². The minimum absolute atomic E-state index is 0.0504. The number of para-hydroxylation sites is 1. The molecule has 0 saturated carbocycles. The highest BCUT2D eigenvalue weighted by molar-refractivity contribution is 6.34. The Morgan fingerprint density at radius 3 is 3.00 bits per heavy atom. The number of benzene rings is 1. The lowest BCUT2D eigenvalue weighted by molar-refractivity contribution is 0.614. The van der Waals surface area contributed by atoms with Crippen molar-refractivity contribution in [2.75, 3.05) is 0 Å². The minimum Gasteiger partial charge on any atom is -0.296 e. The molecule has 88 valence electrons. The molecule has 0 amide bonds. The van der Waals surface area contributed by atoms with Crippen LogP contribution >= 0.6 is 11.6 Å². The number of nitrogens with zero attached hydrogens (tertiary/aromatic N) is 2. The standard InChI is InChI=1S/C13H13ClN2O/c14-10-6-4-5-9-12(10)15-11-7-2-1-3-8-16(11)13(9)17/h4-6H,1-3,7-8H2. The second kappa shape index (κ2) is 4.15. The summed E-state index contributed by atoms with van der Waals surface area (Å²) in [6.07, 6.45) is 4.19. The van der Waals surface area contributed by atoms with E-state index in [9.17, 15) is 4.79 Å². The number of rotatable bonds is 0. The monoisotopic (exact) mass is 248 g/mol. The summed E-state index contributed by atoms with van der Waals surface area (Å²) in [6.45, 7) is 0.781. The predicted octanol–water partition coefficient (Wildman–Crippen LogP) is 2.78. The van der Waals surface area contributed by atoms with Gasteiger partial charge in [-0.1, -0.05) is 24.1 Å². The first-order chi connectivity index (χ1) is 8.27. The van der Waals surface area contributed by atoms with Gasteiger partial charge in [0.05, 0.1) is 15.9 Å². The molecule has 0 spiro atoms. The Hall–Kier alpha value is -1.35. The molecular formula is C13H13ClN2O. The Kier molecular flexibility index (Phi) is 2.63. The zero-order valence-electron chi connectivity index (χ0n) is 9.45. The van der Waals surface area contributed by atoms with Gasteiger partial charge in [-0.05, 0) is 25.0 Å². The molecule has 3 rings (SSSR count). The number of aromatic nitrogens is 2. The summed E-state index contributed by atoms with van der Waals surface area (Å²) < 4.78 is 1.81. The second-order valence-corrected chi connectivity index (χ2v) is 4.84. The van der Waals surface area contributed by atoms with Gasteiger partial charge in [0.15, 0.2) is 0 Å². The fraction of sp³-hybridized carbons (Fsp3) is 0.385. The Balaban J connectivity index is 2.37. The first-order valence-electron chi connectivity index (χ1n) is 5.95. The zero-order chi connectivity index (χ0) is 11.8. The molecule has 0 N–H and O–H groups in total. The summed E-state index contributed by atoms with van der Waals surface area (Å²) in [4.78, 5) is 16.9. The van der Waals surface area contributed by atoms with Gasteiger partial charge in [-0.3, -0.25) is 9.36 Å². The van der Waals surface area contributed by atoms with E-state index in [2.05, 4.69) is 4.98 Å². The number of fused-ring (bicyclic) bond motifs is 2. The summed E-state index contributed by atoms with van der Waals surface area (Å²) >= 11 is 6.10. The first kappa shape index (κ1) is 10.8. The van der Waals surface area contributed by atoms with Gasteiger partial charge < -0.3 is 0 Å². The van der Waals surface area contributed by atoms with E-state index in [0.29, 0.717) is 15.9 Å². The number of aryl methyl sites for hydroxylation is 1. The summed E-state index contributed by atoms with van der Waals surface area (Å²) in [7, 11) is 0. The molecule has 0 saturated heterocycles. The molecule has 2 aromatic rings. The van der Waals surface area contributed by atoms with E-state index in [4.69, 9.17) is 11.6 Å². The number of hydrogen-bond acceptors (Lipinski definition) is 2. The summed E-state index contributed by atoms with van der Waals surface area (Å²) in [5.74, 6) is 0.883. The molecule has 1 aromatic heterocycles. The molecule has 2 heterocycles. The molecule has 17 heavy (non-hydrogen) atoms. The van der Waals surface area contributed by atoms with Gasteiger partial charge in [-0.15, -0.1) is 0 Å². The SMILES string of the molecule is O=c1c2cccc(Cl)c2nc2n1CCCCC2. The fourth-order valence-corrected chi connectivity index (χ4v) is 2.62.